The summed E-state index contributed by atoms with van der Waals surface area (Å²) in [5.41, 5.74) is 9.35. The SMILES string of the molecule is Cc1nc(Nc2ccc(N)cc2)c2c(-c3ccc(F)cc3)c(C)sc2n1. The Morgan fingerprint density at radius 2 is 1.65 bits per heavy atom. The Balaban J connectivity index is 1.91. The first-order valence-electron chi connectivity index (χ1n) is 8.17. The summed E-state index contributed by atoms with van der Waals surface area (Å²) in [5.74, 6) is 1.18. The molecule has 0 fully saturated rings. The third kappa shape index (κ3) is 2.99. The number of hydrogen-bond donors (Lipinski definition) is 2. The topological polar surface area (TPSA) is 63.8 Å². The summed E-state index contributed by atoms with van der Waals surface area (Å²) in [6.45, 7) is 3.92. The van der Waals surface area contributed by atoms with Gasteiger partial charge in [0, 0.05) is 21.8 Å². The first-order valence-corrected chi connectivity index (χ1v) is 8.99. The van der Waals surface area contributed by atoms with Gasteiger partial charge in [0.15, 0.2) is 0 Å². The number of nitrogens with one attached hydrogen (secondary N) is 1. The van der Waals surface area contributed by atoms with Gasteiger partial charge in [0.05, 0.1) is 5.39 Å². The molecule has 0 saturated carbocycles. The minimum atomic E-state index is -0.252. The average molecular weight is 364 g/mol. The molecule has 0 aliphatic heterocycles. The van der Waals surface area contributed by atoms with E-state index in [1.807, 2.05) is 38.1 Å². The van der Waals surface area contributed by atoms with E-state index in [2.05, 4.69) is 15.3 Å². The molecular weight excluding hydrogens is 347 g/mol. The summed E-state index contributed by atoms with van der Waals surface area (Å²) < 4.78 is 13.4. The quantitative estimate of drug-likeness (QED) is 0.475. The van der Waals surface area contributed by atoms with Gasteiger partial charge in [-0.3, -0.25) is 0 Å². The summed E-state index contributed by atoms with van der Waals surface area (Å²) >= 11 is 1.61. The number of rotatable bonds is 3. The van der Waals surface area contributed by atoms with Crippen LogP contribution in [0, 0.1) is 19.7 Å². The second kappa shape index (κ2) is 6.38. The summed E-state index contributed by atoms with van der Waals surface area (Å²) in [4.78, 5) is 11.2. The van der Waals surface area contributed by atoms with Crippen LogP contribution in [0.5, 0.6) is 0 Å². The van der Waals surface area contributed by atoms with Crippen molar-refractivity contribution < 1.29 is 4.39 Å². The standard InChI is InChI=1S/C20H17FN4S/c1-11-17(13-3-5-14(21)6-4-13)18-19(23-12(2)24-20(18)26-11)25-16-9-7-15(22)8-10-16/h3-10H,22H2,1-2H3,(H,23,24,25). The number of thiophene rings is 1. The number of aromatic nitrogens is 2. The van der Waals surface area contributed by atoms with Crippen LogP contribution < -0.4 is 11.1 Å². The lowest BCUT2D eigenvalue weighted by Gasteiger charge is -2.10. The fourth-order valence-electron chi connectivity index (χ4n) is 2.98. The Morgan fingerprint density at radius 1 is 0.962 bits per heavy atom. The molecule has 4 rings (SSSR count). The number of nitrogens with two attached hydrogens (primary N) is 1. The zero-order valence-corrected chi connectivity index (χ0v) is 15.2. The number of nitrogens with zero attached hydrogens (tertiary/aromatic N) is 2. The van der Waals surface area contributed by atoms with Crippen LogP contribution in [0.2, 0.25) is 0 Å². The molecule has 4 aromatic rings. The molecule has 0 amide bonds. The number of benzene rings is 2. The van der Waals surface area contributed by atoms with Crippen molar-refractivity contribution in [3.63, 3.8) is 0 Å². The maximum atomic E-state index is 13.4. The lowest BCUT2D eigenvalue weighted by molar-refractivity contribution is 0.628. The van der Waals surface area contributed by atoms with Crippen LogP contribution >= 0.6 is 11.3 Å². The molecule has 26 heavy (non-hydrogen) atoms. The van der Waals surface area contributed by atoms with Gasteiger partial charge in [0.25, 0.3) is 0 Å². The fraction of sp³-hybridized carbons (Fsp3) is 0.100. The molecule has 0 saturated heterocycles. The normalized spacial score (nSPS) is 11.0. The van der Waals surface area contributed by atoms with Gasteiger partial charge in [-0.2, -0.15) is 0 Å². The number of hydrogen-bond acceptors (Lipinski definition) is 5. The lowest BCUT2D eigenvalue weighted by atomic mass is 10.0. The first-order chi connectivity index (χ1) is 12.5. The zero-order chi connectivity index (χ0) is 18.3. The van der Waals surface area contributed by atoms with Crippen molar-refractivity contribution in [2.75, 3.05) is 11.1 Å². The van der Waals surface area contributed by atoms with E-state index in [0.29, 0.717) is 11.5 Å². The average Bonchev–Trinajstić information content (AvgIpc) is 2.93. The summed E-state index contributed by atoms with van der Waals surface area (Å²) in [6.07, 6.45) is 0. The van der Waals surface area contributed by atoms with Crippen molar-refractivity contribution in [3.8, 4) is 11.1 Å². The largest absolute Gasteiger partial charge is 0.399 e. The van der Waals surface area contributed by atoms with E-state index < -0.39 is 0 Å². The summed E-state index contributed by atoms with van der Waals surface area (Å²) in [7, 11) is 0. The maximum absolute atomic E-state index is 13.4. The van der Waals surface area contributed by atoms with E-state index in [4.69, 9.17) is 5.73 Å². The third-order valence-electron chi connectivity index (χ3n) is 4.15. The minimum absolute atomic E-state index is 0.252. The lowest BCUT2D eigenvalue weighted by Crippen LogP contribution is -1.98. The molecule has 2 heterocycles. The van der Waals surface area contributed by atoms with Crippen molar-refractivity contribution in [2.24, 2.45) is 0 Å². The van der Waals surface area contributed by atoms with Gasteiger partial charge in [0.2, 0.25) is 0 Å². The molecule has 0 spiro atoms. The van der Waals surface area contributed by atoms with Crippen molar-refractivity contribution >= 4 is 38.7 Å². The van der Waals surface area contributed by atoms with Crippen molar-refractivity contribution in [1.82, 2.24) is 9.97 Å². The van der Waals surface area contributed by atoms with Crippen LogP contribution in [-0.4, -0.2) is 9.97 Å². The van der Waals surface area contributed by atoms with Crippen molar-refractivity contribution in [3.05, 3.63) is 65.0 Å². The summed E-state index contributed by atoms with van der Waals surface area (Å²) in [6, 6.07) is 14.0. The van der Waals surface area contributed by atoms with Crippen LogP contribution in [0.1, 0.15) is 10.7 Å². The predicted molar refractivity (Wildman–Crippen MR) is 106 cm³/mol. The molecular formula is C20H17FN4S. The van der Waals surface area contributed by atoms with E-state index in [-0.39, 0.29) is 5.82 Å². The van der Waals surface area contributed by atoms with Crippen LogP contribution in [-0.2, 0) is 0 Å². The van der Waals surface area contributed by atoms with E-state index in [1.54, 1.807) is 23.5 Å². The van der Waals surface area contributed by atoms with Gasteiger partial charge < -0.3 is 11.1 Å². The molecule has 0 atom stereocenters. The van der Waals surface area contributed by atoms with Gasteiger partial charge in [-0.05, 0) is 55.8 Å². The van der Waals surface area contributed by atoms with Crippen LogP contribution in [0.4, 0.5) is 21.6 Å². The van der Waals surface area contributed by atoms with Gasteiger partial charge in [0.1, 0.15) is 22.3 Å². The molecule has 0 unspecified atom stereocenters. The minimum Gasteiger partial charge on any atom is -0.399 e. The van der Waals surface area contributed by atoms with Gasteiger partial charge in [-0.25, -0.2) is 14.4 Å². The number of fused-ring (bicyclic) bond motifs is 1. The highest BCUT2D eigenvalue weighted by molar-refractivity contribution is 7.19. The van der Waals surface area contributed by atoms with Crippen LogP contribution in [0.15, 0.2) is 48.5 Å². The molecule has 0 aliphatic rings. The Hall–Kier alpha value is -2.99. The Bertz CT molecular complexity index is 1090. The molecule has 0 aliphatic carbocycles. The Morgan fingerprint density at radius 3 is 2.35 bits per heavy atom. The monoisotopic (exact) mass is 364 g/mol. The highest BCUT2D eigenvalue weighted by Crippen LogP contribution is 2.41. The first kappa shape index (κ1) is 16.5. The summed E-state index contributed by atoms with van der Waals surface area (Å²) in [5, 5.41) is 4.32. The van der Waals surface area contributed by atoms with E-state index >= 15 is 0 Å². The molecule has 6 heteroatoms. The van der Waals surface area contributed by atoms with Crippen molar-refractivity contribution in [1.29, 1.82) is 0 Å². The molecule has 4 nitrogen and oxygen atoms in total. The van der Waals surface area contributed by atoms with E-state index in [9.17, 15) is 4.39 Å². The number of halogens is 1. The fourth-order valence-corrected chi connectivity index (χ4v) is 4.07. The second-order valence-electron chi connectivity index (χ2n) is 6.09. The Kier molecular flexibility index (Phi) is 4.05. The maximum Gasteiger partial charge on any atom is 0.143 e. The molecule has 0 radical (unpaired) electrons. The molecule has 2 aromatic heterocycles. The van der Waals surface area contributed by atoms with E-state index in [1.165, 1.54) is 12.1 Å². The molecule has 2 aromatic carbocycles. The Labute approximate surface area is 154 Å². The smallest absolute Gasteiger partial charge is 0.143 e. The molecule has 130 valence electrons. The molecule has 3 N–H and O–H groups in total. The molecule has 0 bridgehead atoms. The zero-order valence-electron chi connectivity index (χ0n) is 14.4. The number of aryl methyl sites for hydroxylation is 2. The highest BCUT2D eigenvalue weighted by atomic mass is 32.1. The second-order valence-corrected chi connectivity index (χ2v) is 7.29. The number of nitrogen functional groups attached to an aromatic ring is 1. The van der Waals surface area contributed by atoms with Crippen LogP contribution in [0.25, 0.3) is 21.3 Å². The van der Waals surface area contributed by atoms with Crippen LogP contribution in [0.3, 0.4) is 0 Å². The van der Waals surface area contributed by atoms with Gasteiger partial charge >= 0.3 is 0 Å². The predicted octanol–water partition coefficient (Wildman–Crippen LogP) is 5.44. The van der Waals surface area contributed by atoms with E-state index in [0.717, 1.165) is 37.7 Å². The third-order valence-corrected chi connectivity index (χ3v) is 5.14. The van der Waals surface area contributed by atoms with Gasteiger partial charge in [-0.1, -0.05) is 12.1 Å². The van der Waals surface area contributed by atoms with Crippen molar-refractivity contribution in [2.45, 2.75) is 13.8 Å². The highest BCUT2D eigenvalue weighted by Gasteiger charge is 2.18. The van der Waals surface area contributed by atoms with Gasteiger partial charge in [-0.15, -0.1) is 11.3 Å². The number of anilines is 3.